The van der Waals surface area contributed by atoms with Crippen LogP contribution in [-0.2, 0) is 6.42 Å². The highest BCUT2D eigenvalue weighted by molar-refractivity contribution is 5.96. The SMILES string of the molecule is CNc1cc(C(=O)N2CCc3ccccc3[C@H]2C)cnc1NC. The average molecular weight is 310 g/mol. The van der Waals surface area contributed by atoms with Crippen LogP contribution in [0.1, 0.15) is 34.5 Å². The summed E-state index contributed by atoms with van der Waals surface area (Å²) in [5.74, 6) is 0.764. The van der Waals surface area contributed by atoms with Gasteiger partial charge in [-0.15, -0.1) is 0 Å². The summed E-state index contributed by atoms with van der Waals surface area (Å²) in [6.07, 6.45) is 2.54. The summed E-state index contributed by atoms with van der Waals surface area (Å²) >= 11 is 0. The zero-order valence-corrected chi connectivity index (χ0v) is 13.8. The molecule has 2 aromatic rings. The van der Waals surface area contributed by atoms with Crippen LogP contribution in [0, 0.1) is 0 Å². The van der Waals surface area contributed by atoms with Crippen molar-refractivity contribution in [3.05, 3.63) is 53.2 Å². The molecule has 1 aromatic carbocycles. The van der Waals surface area contributed by atoms with Gasteiger partial charge < -0.3 is 15.5 Å². The number of rotatable bonds is 3. The highest BCUT2D eigenvalue weighted by Crippen LogP contribution is 2.31. The van der Waals surface area contributed by atoms with Crippen molar-refractivity contribution in [3.63, 3.8) is 0 Å². The first kappa shape index (κ1) is 15.3. The van der Waals surface area contributed by atoms with Gasteiger partial charge in [0.25, 0.3) is 5.91 Å². The van der Waals surface area contributed by atoms with Gasteiger partial charge in [-0.3, -0.25) is 4.79 Å². The van der Waals surface area contributed by atoms with Crippen molar-refractivity contribution in [1.82, 2.24) is 9.88 Å². The van der Waals surface area contributed by atoms with Crippen LogP contribution in [0.3, 0.4) is 0 Å². The third-order valence-electron chi connectivity index (χ3n) is 4.50. The fourth-order valence-electron chi connectivity index (χ4n) is 3.19. The van der Waals surface area contributed by atoms with Crippen molar-refractivity contribution in [2.24, 2.45) is 0 Å². The van der Waals surface area contributed by atoms with Crippen LogP contribution in [-0.4, -0.2) is 36.4 Å². The van der Waals surface area contributed by atoms with Crippen LogP contribution >= 0.6 is 0 Å². The lowest BCUT2D eigenvalue weighted by atomic mass is 9.93. The quantitative estimate of drug-likeness (QED) is 0.915. The van der Waals surface area contributed by atoms with Gasteiger partial charge in [0.2, 0.25) is 0 Å². The Morgan fingerprint density at radius 3 is 2.78 bits per heavy atom. The second-order valence-electron chi connectivity index (χ2n) is 5.74. The van der Waals surface area contributed by atoms with E-state index in [-0.39, 0.29) is 11.9 Å². The third kappa shape index (κ3) is 2.74. The molecule has 1 aromatic heterocycles. The summed E-state index contributed by atoms with van der Waals surface area (Å²) < 4.78 is 0. The molecular weight excluding hydrogens is 288 g/mol. The molecule has 0 fully saturated rings. The standard InChI is InChI=1S/C18H22N4O/c1-12-15-7-5-4-6-13(15)8-9-22(12)18(23)14-10-16(19-2)17(20-3)21-11-14/h4-7,10-12,19H,8-9H2,1-3H3,(H,20,21)/t12-/m1/s1. The lowest BCUT2D eigenvalue weighted by Crippen LogP contribution is -2.38. The Balaban J connectivity index is 1.89. The number of carbonyl (C=O) groups excluding carboxylic acids is 1. The highest BCUT2D eigenvalue weighted by Gasteiger charge is 2.28. The van der Waals surface area contributed by atoms with Crippen molar-refractivity contribution in [3.8, 4) is 0 Å². The first-order valence-electron chi connectivity index (χ1n) is 7.90. The molecule has 1 amide bonds. The van der Waals surface area contributed by atoms with Crippen molar-refractivity contribution >= 4 is 17.4 Å². The molecule has 0 spiro atoms. The van der Waals surface area contributed by atoms with E-state index in [1.807, 2.05) is 31.1 Å². The summed E-state index contributed by atoms with van der Waals surface area (Å²) in [5.41, 5.74) is 4.01. The number of nitrogens with one attached hydrogen (secondary N) is 2. The zero-order valence-electron chi connectivity index (χ0n) is 13.8. The molecule has 1 aliphatic rings. The van der Waals surface area contributed by atoms with Crippen LogP contribution in [0.15, 0.2) is 36.5 Å². The van der Waals surface area contributed by atoms with Crippen molar-refractivity contribution in [1.29, 1.82) is 0 Å². The molecule has 3 rings (SSSR count). The molecule has 0 saturated heterocycles. The number of hydrogen-bond acceptors (Lipinski definition) is 4. The molecule has 0 aliphatic carbocycles. The minimum atomic E-state index is 0.0265. The largest absolute Gasteiger partial charge is 0.385 e. The number of benzene rings is 1. The second kappa shape index (κ2) is 6.28. The van der Waals surface area contributed by atoms with Crippen LogP contribution in [0.25, 0.3) is 0 Å². The number of amides is 1. The molecule has 23 heavy (non-hydrogen) atoms. The molecule has 0 saturated carbocycles. The Morgan fingerprint density at radius 1 is 1.26 bits per heavy atom. The minimum Gasteiger partial charge on any atom is -0.385 e. The molecule has 2 heterocycles. The average Bonchev–Trinajstić information content (AvgIpc) is 2.61. The van der Waals surface area contributed by atoms with E-state index in [2.05, 4.69) is 40.7 Å². The van der Waals surface area contributed by atoms with E-state index in [9.17, 15) is 4.79 Å². The summed E-state index contributed by atoms with van der Waals surface area (Å²) in [5, 5.41) is 6.09. The van der Waals surface area contributed by atoms with Gasteiger partial charge in [-0.05, 0) is 30.5 Å². The first-order valence-corrected chi connectivity index (χ1v) is 7.90. The lowest BCUT2D eigenvalue weighted by Gasteiger charge is -2.35. The molecule has 2 N–H and O–H groups in total. The van der Waals surface area contributed by atoms with Gasteiger partial charge in [-0.25, -0.2) is 4.98 Å². The van der Waals surface area contributed by atoms with Gasteiger partial charge in [-0.1, -0.05) is 24.3 Å². The van der Waals surface area contributed by atoms with E-state index < -0.39 is 0 Å². The van der Waals surface area contributed by atoms with E-state index in [0.29, 0.717) is 5.56 Å². The Morgan fingerprint density at radius 2 is 2.04 bits per heavy atom. The molecule has 1 atom stereocenters. The normalized spacial score (nSPS) is 16.7. The Bertz CT molecular complexity index is 729. The maximum absolute atomic E-state index is 12.9. The van der Waals surface area contributed by atoms with Gasteiger partial charge in [0.15, 0.2) is 0 Å². The summed E-state index contributed by atoms with van der Waals surface area (Å²) in [6, 6.07) is 10.3. The minimum absolute atomic E-state index is 0.0265. The Labute approximate surface area is 136 Å². The summed E-state index contributed by atoms with van der Waals surface area (Å²) in [7, 11) is 3.64. The van der Waals surface area contributed by atoms with Crippen molar-refractivity contribution in [2.75, 3.05) is 31.3 Å². The molecular formula is C18H22N4O. The van der Waals surface area contributed by atoms with Gasteiger partial charge in [0.1, 0.15) is 5.82 Å². The summed E-state index contributed by atoms with van der Waals surface area (Å²) in [4.78, 5) is 19.2. The third-order valence-corrected chi connectivity index (χ3v) is 4.50. The van der Waals surface area contributed by atoms with Crippen LogP contribution in [0.2, 0.25) is 0 Å². The van der Waals surface area contributed by atoms with E-state index in [4.69, 9.17) is 0 Å². The van der Waals surface area contributed by atoms with E-state index in [0.717, 1.165) is 24.5 Å². The van der Waals surface area contributed by atoms with Crippen molar-refractivity contribution in [2.45, 2.75) is 19.4 Å². The van der Waals surface area contributed by atoms with Crippen LogP contribution < -0.4 is 10.6 Å². The molecule has 1 aliphatic heterocycles. The van der Waals surface area contributed by atoms with Crippen LogP contribution in [0.4, 0.5) is 11.5 Å². The fourth-order valence-corrected chi connectivity index (χ4v) is 3.19. The van der Waals surface area contributed by atoms with E-state index >= 15 is 0 Å². The molecule has 5 heteroatoms. The van der Waals surface area contributed by atoms with Gasteiger partial charge in [0, 0.05) is 26.8 Å². The number of aromatic nitrogens is 1. The van der Waals surface area contributed by atoms with Crippen LogP contribution in [0.5, 0.6) is 0 Å². The molecule has 0 bridgehead atoms. The number of fused-ring (bicyclic) bond motifs is 1. The molecule has 0 radical (unpaired) electrons. The van der Waals surface area contributed by atoms with Gasteiger partial charge in [0.05, 0.1) is 17.3 Å². The molecule has 120 valence electrons. The number of anilines is 2. The predicted molar refractivity (Wildman–Crippen MR) is 92.9 cm³/mol. The maximum Gasteiger partial charge on any atom is 0.256 e. The number of pyridine rings is 1. The van der Waals surface area contributed by atoms with Crippen molar-refractivity contribution < 1.29 is 4.79 Å². The Hall–Kier alpha value is -2.56. The zero-order chi connectivity index (χ0) is 16.4. The number of carbonyl (C=O) groups is 1. The van der Waals surface area contributed by atoms with Gasteiger partial charge >= 0.3 is 0 Å². The monoisotopic (exact) mass is 310 g/mol. The van der Waals surface area contributed by atoms with E-state index in [1.54, 1.807) is 6.20 Å². The number of hydrogen-bond donors (Lipinski definition) is 2. The first-order chi connectivity index (χ1) is 11.2. The smallest absolute Gasteiger partial charge is 0.256 e. The Kier molecular flexibility index (Phi) is 4.19. The molecule has 5 nitrogen and oxygen atoms in total. The topological polar surface area (TPSA) is 57.3 Å². The maximum atomic E-state index is 12.9. The highest BCUT2D eigenvalue weighted by atomic mass is 16.2. The fraction of sp³-hybridized carbons (Fsp3) is 0.333. The predicted octanol–water partition coefficient (Wildman–Crippen LogP) is 2.92. The molecule has 0 unspecified atom stereocenters. The number of nitrogens with zero attached hydrogens (tertiary/aromatic N) is 2. The lowest BCUT2D eigenvalue weighted by molar-refractivity contribution is 0.0677. The van der Waals surface area contributed by atoms with Gasteiger partial charge in [-0.2, -0.15) is 0 Å². The second-order valence-corrected chi connectivity index (χ2v) is 5.74. The summed E-state index contributed by atoms with van der Waals surface area (Å²) in [6.45, 7) is 2.82. The van der Waals surface area contributed by atoms with E-state index in [1.165, 1.54) is 11.1 Å².